The molecule has 0 saturated heterocycles. The molecule has 4 heteroatoms. The van der Waals surface area contributed by atoms with Gasteiger partial charge < -0.3 is 37.2 Å². The Morgan fingerprint density at radius 1 is 0.692 bits per heavy atom. The Hall–Kier alpha value is -0.626. The number of benzene rings is 2. The third kappa shape index (κ3) is 6.52. The number of rotatable bonds is 3. The van der Waals surface area contributed by atoms with E-state index in [2.05, 4.69) is 99.6 Å². The van der Waals surface area contributed by atoms with Gasteiger partial charge in [-0.1, -0.05) is 86.8 Å². The van der Waals surface area contributed by atoms with Crippen molar-refractivity contribution in [2.24, 2.45) is 0 Å². The summed E-state index contributed by atoms with van der Waals surface area (Å²) in [6, 6.07) is 28.5. The molecule has 0 aliphatic rings. The molecule has 0 aromatic heterocycles. The summed E-state index contributed by atoms with van der Waals surface area (Å²) in [5.41, 5.74) is 5.66. The van der Waals surface area contributed by atoms with Crippen molar-refractivity contribution in [3.63, 3.8) is 0 Å². The maximum Gasteiger partial charge on any atom is 4.00 e. The fourth-order valence-electron chi connectivity index (χ4n) is 2.98. The van der Waals surface area contributed by atoms with Crippen molar-refractivity contribution < 1.29 is 58.9 Å². The Morgan fingerprint density at radius 2 is 1.12 bits per heavy atom. The Kier molecular flexibility index (Phi) is 12.7. The fraction of sp³-hybridized carbons (Fsp3) is 0.227. The summed E-state index contributed by atoms with van der Waals surface area (Å²) in [7, 11) is 0. The van der Waals surface area contributed by atoms with E-state index in [0.29, 0.717) is 5.92 Å². The SMILES string of the molecule is CC(C)(C)c1cc[c-](C(c2ccccc2)c2ccccc2)c1.[Cl-].[Cl-].[Cl-].[Ti+4]. The molecule has 3 rings (SSSR count). The van der Waals surface area contributed by atoms with Crippen LogP contribution in [0.4, 0.5) is 0 Å². The summed E-state index contributed by atoms with van der Waals surface area (Å²) < 4.78 is 0. The van der Waals surface area contributed by atoms with Crippen molar-refractivity contribution in [3.05, 3.63) is 101 Å². The average Bonchev–Trinajstić information content (AvgIpc) is 2.99. The van der Waals surface area contributed by atoms with E-state index in [-0.39, 0.29) is 64.4 Å². The molecule has 3 aromatic rings. The molecule has 0 fully saturated rings. The molecular formula is C22H23Cl3Ti. The molecule has 26 heavy (non-hydrogen) atoms. The molecule has 0 N–H and O–H groups in total. The third-order valence-electron chi connectivity index (χ3n) is 4.24. The first-order chi connectivity index (χ1) is 10.6. The van der Waals surface area contributed by atoms with Gasteiger partial charge in [-0.15, -0.1) is 5.56 Å². The van der Waals surface area contributed by atoms with Gasteiger partial charge in [-0.2, -0.15) is 17.7 Å². The van der Waals surface area contributed by atoms with Gasteiger partial charge in [0.1, 0.15) is 0 Å². The van der Waals surface area contributed by atoms with Crippen LogP contribution in [0.25, 0.3) is 0 Å². The van der Waals surface area contributed by atoms with Crippen molar-refractivity contribution in [1.29, 1.82) is 0 Å². The zero-order valence-electron chi connectivity index (χ0n) is 15.2. The van der Waals surface area contributed by atoms with Gasteiger partial charge in [-0.25, -0.2) is 6.07 Å². The van der Waals surface area contributed by atoms with E-state index < -0.39 is 0 Å². The molecule has 0 aliphatic carbocycles. The first-order valence-corrected chi connectivity index (χ1v) is 7.93. The Labute approximate surface area is 191 Å². The maximum atomic E-state index is 2.37. The summed E-state index contributed by atoms with van der Waals surface area (Å²) in [5, 5.41) is 0. The largest absolute Gasteiger partial charge is 4.00 e. The minimum Gasteiger partial charge on any atom is -1.00 e. The third-order valence-corrected chi connectivity index (χ3v) is 4.24. The molecule has 0 spiro atoms. The Morgan fingerprint density at radius 3 is 1.46 bits per heavy atom. The van der Waals surface area contributed by atoms with Crippen LogP contribution in [0.5, 0.6) is 0 Å². The van der Waals surface area contributed by atoms with Crippen LogP contribution in [-0.2, 0) is 27.1 Å². The number of hydrogen-bond donors (Lipinski definition) is 0. The maximum absolute atomic E-state index is 2.37. The fourth-order valence-corrected chi connectivity index (χ4v) is 2.98. The molecule has 0 unspecified atom stereocenters. The van der Waals surface area contributed by atoms with Crippen molar-refractivity contribution in [1.82, 2.24) is 0 Å². The van der Waals surface area contributed by atoms with Crippen LogP contribution in [0.15, 0.2) is 78.9 Å². The van der Waals surface area contributed by atoms with Gasteiger partial charge in [0, 0.05) is 0 Å². The van der Waals surface area contributed by atoms with Crippen molar-refractivity contribution in [3.8, 4) is 0 Å². The number of hydrogen-bond acceptors (Lipinski definition) is 0. The molecule has 0 radical (unpaired) electrons. The van der Waals surface area contributed by atoms with Gasteiger partial charge in [-0.3, -0.25) is 0 Å². The molecule has 0 bridgehead atoms. The van der Waals surface area contributed by atoms with E-state index >= 15 is 0 Å². The van der Waals surface area contributed by atoms with Gasteiger partial charge in [0.15, 0.2) is 0 Å². The van der Waals surface area contributed by atoms with Crippen molar-refractivity contribution >= 4 is 0 Å². The zero-order chi connectivity index (χ0) is 15.6. The molecule has 3 aromatic carbocycles. The number of halogens is 3. The molecule has 0 saturated carbocycles. The predicted octanol–water partition coefficient (Wildman–Crippen LogP) is -3.11. The second-order valence-electron chi connectivity index (χ2n) is 6.94. The molecule has 0 nitrogen and oxygen atoms in total. The molecule has 0 aliphatic heterocycles. The second-order valence-corrected chi connectivity index (χ2v) is 6.94. The minimum atomic E-state index is 0. The van der Waals surface area contributed by atoms with E-state index in [1.807, 2.05) is 0 Å². The van der Waals surface area contributed by atoms with E-state index in [0.717, 1.165) is 0 Å². The molecule has 136 valence electrons. The van der Waals surface area contributed by atoms with E-state index in [1.165, 1.54) is 22.3 Å². The Bertz CT molecular complexity index is 691. The zero-order valence-corrected chi connectivity index (χ0v) is 19.0. The quantitative estimate of drug-likeness (QED) is 0.298. The Balaban J connectivity index is 0. The van der Waals surface area contributed by atoms with Gasteiger partial charge >= 0.3 is 21.7 Å². The minimum absolute atomic E-state index is 0. The average molecular weight is 442 g/mol. The van der Waals surface area contributed by atoms with Crippen LogP contribution in [0, 0.1) is 0 Å². The topological polar surface area (TPSA) is 0 Å². The van der Waals surface area contributed by atoms with Gasteiger partial charge in [0.2, 0.25) is 0 Å². The van der Waals surface area contributed by atoms with Crippen LogP contribution in [0.1, 0.15) is 48.9 Å². The standard InChI is InChI=1S/C22H23.3ClH.Ti/c1-22(2,3)20-15-14-19(16-20)21(17-10-6-4-7-11-17)18-12-8-5-9-13-18;;;;/h4-16,21H,1-3H3;3*1H;/q-1;;;;+4/p-3. The molecule has 0 heterocycles. The van der Waals surface area contributed by atoms with Gasteiger partial charge in [0.05, 0.1) is 0 Å². The predicted molar refractivity (Wildman–Crippen MR) is 94.6 cm³/mol. The van der Waals surface area contributed by atoms with E-state index in [1.54, 1.807) is 0 Å². The monoisotopic (exact) mass is 440 g/mol. The van der Waals surface area contributed by atoms with Crippen LogP contribution in [-0.4, -0.2) is 0 Å². The van der Waals surface area contributed by atoms with Gasteiger partial charge in [0.25, 0.3) is 0 Å². The normalized spacial score (nSPS) is 10.0. The summed E-state index contributed by atoms with van der Waals surface area (Å²) in [5.74, 6) is 0.304. The van der Waals surface area contributed by atoms with Crippen LogP contribution < -0.4 is 37.2 Å². The molecule has 0 atom stereocenters. The summed E-state index contributed by atoms with van der Waals surface area (Å²) >= 11 is 0. The van der Waals surface area contributed by atoms with Crippen molar-refractivity contribution in [2.75, 3.05) is 0 Å². The smallest absolute Gasteiger partial charge is 1.00 e. The summed E-state index contributed by atoms with van der Waals surface area (Å²) in [4.78, 5) is 0. The molecular weight excluding hydrogens is 418 g/mol. The van der Waals surface area contributed by atoms with Crippen LogP contribution >= 0.6 is 0 Å². The first kappa shape index (κ1) is 27.6. The first-order valence-electron chi connectivity index (χ1n) is 7.93. The van der Waals surface area contributed by atoms with Crippen molar-refractivity contribution in [2.45, 2.75) is 32.1 Å². The summed E-state index contributed by atoms with van der Waals surface area (Å²) in [6.07, 6.45) is 0. The van der Waals surface area contributed by atoms with Gasteiger partial charge in [-0.05, 0) is 17.0 Å². The van der Waals surface area contributed by atoms with Crippen LogP contribution in [0.2, 0.25) is 0 Å². The van der Waals surface area contributed by atoms with E-state index in [4.69, 9.17) is 0 Å². The van der Waals surface area contributed by atoms with E-state index in [9.17, 15) is 0 Å². The second kappa shape index (κ2) is 12.0. The summed E-state index contributed by atoms with van der Waals surface area (Å²) in [6.45, 7) is 6.81. The van der Waals surface area contributed by atoms with Crippen LogP contribution in [0.3, 0.4) is 0 Å². The molecule has 0 amide bonds.